The number of hydrogen-bond donors (Lipinski definition) is 0. The van der Waals surface area contributed by atoms with Crippen molar-refractivity contribution in [2.75, 3.05) is 4.90 Å². The first-order valence-electron chi connectivity index (χ1n) is 32.9. The van der Waals surface area contributed by atoms with E-state index in [1.165, 1.54) is 155 Å². The molecule has 13 rings (SSSR count). The van der Waals surface area contributed by atoms with E-state index in [4.69, 9.17) is 0 Å². The molecule has 3 aliphatic rings. The lowest BCUT2D eigenvalue weighted by molar-refractivity contribution is 0.568. The van der Waals surface area contributed by atoms with Crippen LogP contribution < -0.4 is 4.90 Å². The number of allylic oxidation sites excluding steroid dienone is 2. The Kier molecular flexibility index (Phi) is 13.0. The van der Waals surface area contributed by atoms with Gasteiger partial charge in [0.1, 0.15) is 0 Å². The van der Waals surface area contributed by atoms with Gasteiger partial charge in [-0.1, -0.05) is 263 Å². The Morgan fingerprint density at radius 1 is 0.295 bits per heavy atom. The molecule has 0 bridgehead atoms. The summed E-state index contributed by atoms with van der Waals surface area (Å²) < 4.78 is 2.65. The van der Waals surface area contributed by atoms with Crippen molar-refractivity contribution in [3.63, 3.8) is 0 Å². The number of aromatic nitrogens is 1. The van der Waals surface area contributed by atoms with Crippen molar-refractivity contribution in [3.8, 4) is 33.4 Å². The molecule has 0 saturated carbocycles. The van der Waals surface area contributed by atoms with Gasteiger partial charge in [0.15, 0.2) is 0 Å². The molecule has 88 heavy (non-hydrogen) atoms. The van der Waals surface area contributed by atoms with Gasteiger partial charge in [0.25, 0.3) is 0 Å². The van der Waals surface area contributed by atoms with Crippen LogP contribution in [0.3, 0.4) is 0 Å². The smallest absolute Gasteiger partial charge is 0.0702 e. The van der Waals surface area contributed by atoms with Crippen molar-refractivity contribution >= 4 is 60.6 Å². The highest BCUT2D eigenvalue weighted by atomic mass is 15.2. The Morgan fingerprint density at radius 2 is 0.648 bits per heavy atom. The molecule has 0 fully saturated rings. The van der Waals surface area contributed by atoms with Gasteiger partial charge >= 0.3 is 0 Å². The van der Waals surface area contributed by atoms with Gasteiger partial charge in [-0.2, -0.15) is 0 Å². The predicted molar refractivity (Wildman–Crippen MR) is 385 cm³/mol. The summed E-state index contributed by atoms with van der Waals surface area (Å²) in [6, 6.07) is 54.9. The minimum atomic E-state index is -0.0265. The highest BCUT2D eigenvalue weighted by Crippen LogP contribution is 2.61. The van der Waals surface area contributed by atoms with E-state index < -0.39 is 0 Å². The fraction of sp³-hybridized carbons (Fsp3) is 0.395. The van der Waals surface area contributed by atoms with Gasteiger partial charge in [-0.25, -0.2) is 0 Å². The van der Waals surface area contributed by atoms with Crippen molar-refractivity contribution in [3.05, 3.63) is 207 Å². The van der Waals surface area contributed by atoms with Crippen LogP contribution in [0.2, 0.25) is 0 Å². The zero-order valence-corrected chi connectivity index (χ0v) is 57.9. The monoisotopic (exact) mass is 1160 g/mol. The summed E-state index contributed by atoms with van der Waals surface area (Å²) in [5, 5.41) is 5.22. The maximum absolute atomic E-state index is 2.77. The van der Waals surface area contributed by atoms with Crippen LogP contribution in [0, 0.1) is 0 Å². The largest absolute Gasteiger partial charge is 0.332 e. The Hall–Kier alpha value is -7.16. The zero-order chi connectivity index (χ0) is 63.4. The summed E-state index contributed by atoms with van der Waals surface area (Å²) in [5.74, 6) is 0.116. The molecule has 2 aliphatic heterocycles. The highest BCUT2D eigenvalue weighted by molar-refractivity contribution is 6.25. The van der Waals surface area contributed by atoms with Crippen LogP contribution in [0.5, 0.6) is 0 Å². The Balaban J connectivity index is 1.11. The first kappa shape index (κ1) is 59.8. The molecule has 1 aliphatic carbocycles. The summed E-state index contributed by atoms with van der Waals surface area (Å²) in [6.45, 7) is 56.6. The van der Waals surface area contributed by atoms with E-state index in [0.717, 1.165) is 0 Å². The van der Waals surface area contributed by atoms with E-state index in [2.05, 4.69) is 321 Å². The molecule has 0 N–H and O–H groups in total. The lowest BCUT2D eigenvalue weighted by Gasteiger charge is -2.29. The molecule has 10 aromatic rings. The van der Waals surface area contributed by atoms with E-state index in [0.29, 0.717) is 0 Å². The van der Waals surface area contributed by atoms with Crippen LogP contribution in [0.1, 0.15) is 233 Å². The second-order valence-electron chi connectivity index (χ2n) is 35.4. The molecule has 0 spiro atoms. The average molecular weight is 1160 g/mol. The minimum Gasteiger partial charge on any atom is -0.332 e. The van der Waals surface area contributed by atoms with Crippen molar-refractivity contribution in [2.24, 2.45) is 0 Å². The van der Waals surface area contributed by atoms with Gasteiger partial charge in [0.05, 0.1) is 22.6 Å². The fourth-order valence-electron chi connectivity index (χ4n) is 14.4. The molecule has 2 unspecified atom stereocenters. The molecule has 4 heterocycles. The fourth-order valence-corrected chi connectivity index (χ4v) is 14.4. The van der Waals surface area contributed by atoms with Crippen molar-refractivity contribution in [2.45, 2.75) is 221 Å². The molecule has 8 aromatic carbocycles. The van der Waals surface area contributed by atoms with Crippen LogP contribution in [0.4, 0.5) is 11.4 Å². The maximum atomic E-state index is 2.77. The topological polar surface area (TPSA) is 7.65 Å². The number of hydrogen-bond acceptors (Lipinski definition) is 1. The van der Waals surface area contributed by atoms with Crippen molar-refractivity contribution in [1.29, 1.82) is 0 Å². The third-order valence-electron chi connectivity index (χ3n) is 20.3. The Bertz CT molecular complexity index is 4480. The average Bonchev–Trinajstić information content (AvgIpc) is 1.52. The lowest BCUT2D eigenvalue weighted by atomic mass is 9.76. The molecule has 0 saturated heterocycles. The minimum absolute atomic E-state index is 0.000955. The molecule has 452 valence electrons. The molecule has 2 nitrogen and oxygen atoms in total. The van der Waals surface area contributed by atoms with Crippen LogP contribution in [-0.2, 0) is 43.3 Å². The first-order valence-corrected chi connectivity index (χ1v) is 32.9. The number of rotatable bonds is 4. The number of benzene rings is 8. The van der Waals surface area contributed by atoms with E-state index >= 15 is 0 Å². The molecule has 2 heteroatoms. The second kappa shape index (κ2) is 19.2. The number of nitrogens with zero attached hydrogens (tertiary/aromatic N) is 2. The second-order valence-corrected chi connectivity index (χ2v) is 35.4. The molecule has 0 amide bonds. The standard InChI is InChI=1S/C86H98N2/c1-79(2,3)57-29-51(30-58(43-57)80(4,5)6)49-26-28-73-66(37-49)70-39-56(54-35-63(85(19,20)21)46-64(36-54)86(22,23)24)41-72-67-48-76-68(47-75(67)87(73)78(70)72)71-40-55(53-33-61(83(13,14)15)45-62(34-53)84(16,17)18)38-69-65-27-25-50(42-74(65)88(76)77(69)71)52-31-59(81(7,8)9)44-60(32-52)82(10,11)12/h25-48,71,77H,1-24H3. The highest BCUT2D eigenvalue weighted by Gasteiger charge is 2.49. The van der Waals surface area contributed by atoms with E-state index in [9.17, 15) is 0 Å². The first-order chi connectivity index (χ1) is 40.6. The Labute approximate surface area is 528 Å². The maximum Gasteiger partial charge on any atom is 0.0702 e. The zero-order valence-electron chi connectivity index (χ0n) is 57.9. The van der Waals surface area contributed by atoms with E-state index in [-0.39, 0.29) is 55.3 Å². The SMILES string of the molecule is CC(C)(C)c1cc(C2=CC3c4cc5c(cc4N4c6cc(-c7cc(C(C)(C)C)cc(C(C)(C)C)c7)ccc6C(=C2)C34)c2cc(-c3cc(C(C)(C)C)cc(C(C)(C)C)c3)cc3c4cc(-c6cc(C(C)(C)C)cc(C(C)(C)C)c6)ccc4n5c32)cc(C(C)(C)C)c1. The molecule has 2 atom stereocenters. The van der Waals surface area contributed by atoms with E-state index in [1.807, 2.05) is 0 Å². The van der Waals surface area contributed by atoms with Crippen LogP contribution in [0.25, 0.3) is 82.6 Å². The predicted octanol–water partition coefficient (Wildman–Crippen LogP) is 24.3. The third kappa shape index (κ3) is 9.97. The van der Waals surface area contributed by atoms with Gasteiger partial charge in [0, 0.05) is 44.4 Å². The molecular formula is C86H98N2. The van der Waals surface area contributed by atoms with Crippen LogP contribution in [0.15, 0.2) is 146 Å². The van der Waals surface area contributed by atoms with Gasteiger partial charge in [-0.15, -0.1) is 0 Å². The van der Waals surface area contributed by atoms with Gasteiger partial charge in [-0.3, -0.25) is 0 Å². The summed E-state index contributed by atoms with van der Waals surface area (Å²) in [5.41, 5.74) is 31.8. The summed E-state index contributed by atoms with van der Waals surface area (Å²) in [6.07, 6.45) is 5.23. The van der Waals surface area contributed by atoms with Gasteiger partial charge in [0.2, 0.25) is 0 Å². The number of fused-ring (bicyclic) bond motifs is 12. The number of anilines is 2. The summed E-state index contributed by atoms with van der Waals surface area (Å²) in [7, 11) is 0. The normalized spacial score (nSPS) is 16.8. The third-order valence-corrected chi connectivity index (χ3v) is 20.3. The Morgan fingerprint density at radius 3 is 1.07 bits per heavy atom. The van der Waals surface area contributed by atoms with Gasteiger partial charge < -0.3 is 9.30 Å². The summed E-state index contributed by atoms with van der Waals surface area (Å²) >= 11 is 0. The van der Waals surface area contributed by atoms with Crippen molar-refractivity contribution < 1.29 is 0 Å². The van der Waals surface area contributed by atoms with Gasteiger partial charge in [-0.05, 0) is 192 Å². The molecule has 0 radical (unpaired) electrons. The van der Waals surface area contributed by atoms with Crippen molar-refractivity contribution in [1.82, 2.24) is 4.40 Å². The molecular weight excluding hydrogens is 1060 g/mol. The van der Waals surface area contributed by atoms with E-state index in [1.54, 1.807) is 0 Å². The quantitative estimate of drug-likeness (QED) is 0.170. The van der Waals surface area contributed by atoms with Crippen LogP contribution >= 0.6 is 0 Å². The lowest BCUT2D eigenvalue weighted by Crippen LogP contribution is -2.26. The molecule has 2 aromatic heterocycles. The van der Waals surface area contributed by atoms with Crippen LogP contribution in [-0.4, -0.2) is 10.4 Å². The summed E-state index contributed by atoms with van der Waals surface area (Å²) in [4.78, 5) is 2.77.